The van der Waals surface area contributed by atoms with Crippen LogP contribution >= 0.6 is 0 Å². The predicted octanol–water partition coefficient (Wildman–Crippen LogP) is -1.49. The van der Waals surface area contributed by atoms with E-state index < -0.39 is 0 Å². The van der Waals surface area contributed by atoms with Gasteiger partial charge in [0.1, 0.15) is 0 Å². The predicted molar refractivity (Wildman–Crippen MR) is 28.4 cm³/mol. The van der Waals surface area contributed by atoms with E-state index in [0.29, 0.717) is 0 Å². The fourth-order valence-corrected chi connectivity index (χ4v) is 0.385. The van der Waals surface area contributed by atoms with Crippen LogP contribution in [0, 0.1) is 0 Å². The van der Waals surface area contributed by atoms with Crippen LogP contribution in [-0.4, -0.2) is 5.48 Å². The number of hydrogen-bond acceptors (Lipinski definition) is 1. The van der Waals surface area contributed by atoms with E-state index in [1.165, 1.54) is 0 Å². The van der Waals surface area contributed by atoms with Gasteiger partial charge in [-0.3, -0.25) is 0 Å². The van der Waals surface area contributed by atoms with E-state index in [2.05, 4.69) is 0 Å². The summed E-state index contributed by atoms with van der Waals surface area (Å²) in [6, 6.07) is 12.0. The monoisotopic (exact) mass is 118 g/mol. The molecule has 1 aromatic carbocycles. The third kappa shape index (κ3) is 4.34. The van der Waals surface area contributed by atoms with Gasteiger partial charge in [-0.2, -0.15) is 0 Å². The molecule has 0 amide bonds. The number of rotatable bonds is 0. The van der Waals surface area contributed by atoms with Crippen molar-refractivity contribution in [2.24, 2.45) is 0 Å². The summed E-state index contributed by atoms with van der Waals surface area (Å²) in [4.78, 5) is 0. The van der Waals surface area contributed by atoms with Crippen LogP contribution < -0.4 is 29.6 Å². The molecule has 0 fully saturated rings. The van der Waals surface area contributed by atoms with E-state index in [-0.39, 0.29) is 35.0 Å². The van der Waals surface area contributed by atoms with Gasteiger partial charge in [-0.25, -0.2) is 0 Å². The van der Waals surface area contributed by atoms with E-state index in [0.717, 1.165) is 0 Å². The van der Waals surface area contributed by atoms with Crippen molar-refractivity contribution < 1.29 is 35.0 Å². The molecule has 1 nitrogen and oxygen atoms in total. The molecule has 1 N–H and O–H groups in total. The maximum absolute atomic E-state index is 2.00. The average Bonchev–Trinajstić information content (AvgIpc) is 1.72. The molecular weight excluding hydrogens is 111 g/mol. The van der Waals surface area contributed by atoms with E-state index in [9.17, 15) is 0 Å². The molecule has 0 aromatic heterocycles. The molecule has 0 aliphatic heterocycles. The fourth-order valence-electron chi connectivity index (χ4n) is 0.385. The van der Waals surface area contributed by atoms with Gasteiger partial charge in [0.2, 0.25) is 0 Å². The Morgan fingerprint density at radius 2 is 0.625 bits per heavy atom. The van der Waals surface area contributed by atoms with Gasteiger partial charge in [-0.1, -0.05) is 36.4 Å². The van der Waals surface area contributed by atoms with Gasteiger partial charge in [0, 0.05) is 0 Å². The van der Waals surface area contributed by atoms with Gasteiger partial charge in [-0.15, -0.1) is 0 Å². The molecule has 0 unspecified atom stereocenters. The quantitative estimate of drug-likeness (QED) is 0.382. The molecule has 0 aliphatic rings. The summed E-state index contributed by atoms with van der Waals surface area (Å²) in [5, 5.41) is 0. The molecule has 0 atom stereocenters. The molecule has 0 saturated carbocycles. The summed E-state index contributed by atoms with van der Waals surface area (Å²) in [6.07, 6.45) is 0. The van der Waals surface area contributed by atoms with Crippen molar-refractivity contribution in [3.05, 3.63) is 36.4 Å². The van der Waals surface area contributed by atoms with Crippen LogP contribution in [0.2, 0.25) is 0 Å². The standard InChI is InChI=1S/C6H6.Na.H2O/c1-2-4-6-5-3-1;;/h1-6H;;1H2/q;+1;/p-1. The maximum atomic E-state index is 2.00. The molecule has 0 bridgehead atoms. The van der Waals surface area contributed by atoms with Crippen LogP contribution in [0.15, 0.2) is 36.4 Å². The Balaban J connectivity index is 0. The second-order valence-electron chi connectivity index (χ2n) is 1.15. The Bertz CT molecular complexity index is 80.5. The van der Waals surface area contributed by atoms with Gasteiger partial charge in [0.05, 0.1) is 0 Å². The minimum atomic E-state index is 0. The molecule has 1 aromatic rings. The van der Waals surface area contributed by atoms with Crippen LogP contribution in [-0.2, 0) is 0 Å². The van der Waals surface area contributed by atoms with Gasteiger partial charge in [0.25, 0.3) is 0 Å². The Kier molecular flexibility index (Phi) is 9.91. The second-order valence-corrected chi connectivity index (χ2v) is 1.15. The van der Waals surface area contributed by atoms with Crippen molar-refractivity contribution in [3.8, 4) is 0 Å². The Labute approximate surface area is 71.3 Å². The van der Waals surface area contributed by atoms with E-state index in [1.807, 2.05) is 36.4 Å². The SMILES string of the molecule is [Na+].[OH-].c1ccccc1. The van der Waals surface area contributed by atoms with E-state index in [4.69, 9.17) is 0 Å². The molecule has 2 heteroatoms. The molecule has 0 heterocycles. The zero-order valence-electron chi connectivity index (χ0n) is 4.91. The molecule has 0 aliphatic carbocycles. The molecule has 0 spiro atoms. The Morgan fingerprint density at radius 3 is 0.750 bits per heavy atom. The van der Waals surface area contributed by atoms with Crippen molar-refractivity contribution >= 4 is 0 Å². The van der Waals surface area contributed by atoms with Gasteiger partial charge in [0.15, 0.2) is 0 Å². The normalized spacial score (nSPS) is 6.00. The topological polar surface area (TPSA) is 30.0 Å². The summed E-state index contributed by atoms with van der Waals surface area (Å²) in [5.74, 6) is 0. The minimum absolute atomic E-state index is 0. The van der Waals surface area contributed by atoms with Crippen molar-refractivity contribution in [3.63, 3.8) is 0 Å². The maximum Gasteiger partial charge on any atom is 1.00 e. The van der Waals surface area contributed by atoms with Gasteiger partial charge in [-0.05, 0) is 0 Å². The smallest absolute Gasteiger partial charge is 0.870 e. The summed E-state index contributed by atoms with van der Waals surface area (Å²) in [5.41, 5.74) is 0. The summed E-state index contributed by atoms with van der Waals surface area (Å²) >= 11 is 0. The Morgan fingerprint density at radius 1 is 0.500 bits per heavy atom. The summed E-state index contributed by atoms with van der Waals surface area (Å²) in [7, 11) is 0. The van der Waals surface area contributed by atoms with Crippen molar-refractivity contribution in [2.75, 3.05) is 0 Å². The first kappa shape index (κ1) is 11.0. The number of benzene rings is 1. The first-order chi connectivity index (χ1) is 3.00. The Hall–Kier alpha value is 0.180. The molecule has 1 rings (SSSR count). The number of hydrogen-bond donors (Lipinski definition) is 0. The molecule has 0 saturated heterocycles. The third-order valence-corrected chi connectivity index (χ3v) is 0.667. The molecule has 38 valence electrons. The van der Waals surface area contributed by atoms with E-state index >= 15 is 0 Å². The van der Waals surface area contributed by atoms with Crippen molar-refractivity contribution in [1.82, 2.24) is 0 Å². The van der Waals surface area contributed by atoms with Crippen LogP contribution in [0.25, 0.3) is 0 Å². The summed E-state index contributed by atoms with van der Waals surface area (Å²) < 4.78 is 0. The van der Waals surface area contributed by atoms with Crippen molar-refractivity contribution in [2.45, 2.75) is 0 Å². The zero-order chi connectivity index (χ0) is 4.24. The van der Waals surface area contributed by atoms with Crippen LogP contribution in [0.1, 0.15) is 0 Å². The molecular formula is C6H7NaO. The average molecular weight is 118 g/mol. The second kappa shape index (κ2) is 7.18. The molecule has 0 radical (unpaired) electrons. The minimum Gasteiger partial charge on any atom is -0.870 e. The first-order valence-electron chi connectivity index (χ1n) is 2.00. The van der Waals surface area contributed by atoms with E-state index in [1.54, 1.807) is 0 Å². The zero-order valence-corrected chi connectivity index (χ0v) is 6.91. The molecule has 8 heavy (non-hydrogen) atoms. The van der Waals surface area contributed by atoms with Crippen LogP contribution in [0.3, 0.4) is 0 Å². The first-order valence-corrected chi connectivity index (χ1v) is 2.00. The van der Waals surface area contributed by atoms with Crippen LogP contribution in [0.5, 0.6) is 0 Å². The largest absolute Gasteiger partial charge is 1.00 e. The third-order valence-electron chi connectivity index (χ3n) is 0.667. The summed E-state index contributed by atoms with van der Waals surface area (Å²) in [6.45, 7) is 0. The fraction of sp³-hybridized carbons (Fsp3) is 0. The van der Waals surface area contributed by atoms with Crippen molar-refractivity contribution in [1.29, 1.82) is 0 Å². The van der Waals surface area contributed by atoms with Gasteiger partial charge < -0.3 is 5.48 Å². The van der Waals surface area contributed by atoms with Gasteiger partial charge >= 0.3 is 29.6 Å². The van der Waals surface area contributed by atoms with Crippen LogP contribution in [0.4, 0.5) is 0 Å².